The number of carbonyl (C=O) groups is 3. The molecule has 5 nitrogen and oxygen atoms in total. The Bertz CT molecular complexity index is 397. The number of carbonyl (C=O) groups excluding carboxylic acids is 2. The molecule has 0 fully saturated rings. The summed E-state index contributed by atoms with van der Waals surface area (Å²) in [6.07, 6.45) is -0.0316. The number of ketones is 1. The Kier molecular flexibility index (Phi) is 7.85. The summed E-state index contributed by atoms with van der Waals surface area (Å²) in [5.41, 5.74) is 0.727. The van der Waals surface area contributed by atoms with Crippen molar-refractivity contribution in [1.29, 1.82) is 0 Å². The van der Waals surface area contributed by atoms with E-state index in [9.17, 15) is 14.4 Å². The largest absolute Gasteiger partial charge is 0.475 e. The Morgan fingerprint density at radius 3 is 2.06 bits per heavy atom. The number of hydrogen-bond donors (Lipinski definition) is 1. The number of carboxylic acids is 1. The van der Waals surface area contributed by atoms with Gasteiger partial charge in [0.05, 0.1) is 6.61 Å². The highest BCUT2D eigenvalue weighted by Crippen LogP contribution is 1.99. The summed E-state index contributed by atoms with van der Waals surface area (Å²) in [7, 11) is 0. The van der Waals surface area contributed by atoms with Crippen LogP contribution in [0.3, 0.4) is 0 Å². The zero-order valence-electron chi connectivity index (χ0n) is 10.4. The summed E-state index contributed by atoms with van der Waals surface area (Å²) < 4.78 is 4.40. The van der Waals surface area contributed by atoms with E-state index in [2.05, 4.69) is 4.74 Å². The molecule has 0 spiro atoms. The average molecular weight is 252 g/mol. The predicted octanol–water partition coefficient (Wildman–Crippen LogP) is 1.45. The van der Waals surface area contributed by atoms with E-state index in [1.165, 1.54) is 6.92 Å². The molecule has 0 saturated carbocycles. The molecule has 0 atom stereocenters. The van der Waals surface area contributed by atoms with E-state index in [1.54, 1.807) is 31.2 Å². The Morgan fingerprint density at radius 2 is 1.72 bits per heavy atom. The van der Waals surface area contributed by atoms with Gasteiger partial charge in [0.1, 0.15) is 0 Å². The van der Waals surface area contributed by atoms with Gasteiger partial charge in [-0.15, -0.1) is 0 Å². The lowest BCUT2D eigenvalue weighted by molar-refractivity contribution is -0.148. The van der Waals surface area contributed by atoms with Crippen molar-refractivity contribution in [2.75, 3.05) is 6.61 Å². The second kappa shape index (κ2) is 8.92. The summed E-state index contributed by atoms with van der Waals surface area (Å²) in [6.45, 7) is 3.65. The SMILES string of the molecule is CCOC(C)=O.O=C(O)C(=O)Cc1ccccc1. The number of Topliss-reactive ketones (excluding diaryl/α,β-unsaturated/α-hetero) is 1. The molecule has 1 aromatic carbocycles. The predicted molar refractivity (Wildman–Crippen MR) is 65.1 cm³/mol. The lowest BCUT2D eigenvalue weighted by Crippen LogP contribution is -2.14. The Hall–Kier alpha value is -2.17. The number of carboxylic acid groups (broad SMARTS) is 1. The molecule has 0 unspecified atom stereocenters. The maximum absolute atomic E-state index is 10.7. The minimum Gasteiger partial charge on any atom is -0.475 e. The molecular weight excluding hydrogens is 236 g/mol. The van der Waals surface area contributed by atoms with Gasteiger partial charge in [-0.3, -0.25) is 9.59 Å². The van der Waals surface area contributed by atoms with Gasteiger partial charge in [0.2, 0.25) is 5.78 Å². The van der Waals surface area contributed by atoms with Crippen molar-refractivity contribution in [1.82, 2.24) is 0 Å². The molecule has 0 heterocycles. The minimum absolute atomic E-state index is 0.0316. The smallest absolute Gasteiger partial charge is 0.372 e. The highest BCUT2D eigenvalue weighted by atomic mass is 16.5. The van der Waals surface area contributed by atoms with E-state index in [0.717, 1.165) is 5.56 Å². The van der Waals surface area contributed by atoms with E-state index >= 15 is 0 Å². The Balaban J connectivity index is 0.000000411. The molecular formula is C13H16O5. The molecule has 0 amide bonds. The van der Waals surface area contributed by atoms with Crippen molar-refractivity contribution >= 4 is 17.7 Å². The van der Waals surface area contributed by atoms with Gasteiger partial charge in [-0.1, -0.05) is 30.3 Å². The fourth-order valence-corrected chi connectivity index (χ4v) is 1.06. The third-order valence-electron chi connectivity index (χ3n) is 1.79. The molecule has 0 aliphatic rings. The molecule has 0 aliphatic carbocycles. The highest BCUT2D eigenvalue weighted by molar-refractivity contribution is 6.33. The number of benzene rings is 1. The first kappa shape index (κ1) is 15.8. The highest BCUT2D eigenvalue weighted by Gasteiger charge is 2.10. The molecule has 0 aliphatic heterocycles. The summed E-state index contributed by atoms with van der Waals surface area (Å²) in [5, 5.41) is 8.29. The number of hydrogen-bond acceptors (Lipinski definition) is 4. The van der Waals surface area contributed by atoms with Crippen LogP contribution in [-0.2, 0) is 25.5 Å². The first-order valence-electron chi connectivity index (χ1n) is 5.40. The van der Waals surface area contributed by atoms with Crippen LogP contribution < -0.4 is 0 Å². The van der Waals surface area contributed by atoms with E-state index in [0.29, 0.717) is 6.61 Å². The van der Waals surface area contributed by atoms with Crippen LogP contribution in [-0.4, -0.2) is 29.4 Å². The van der Waals surface area contributed by atoms with Crippen LogP contribution in [0.25, 0.3) is 0 Å². The van der Waals surface area contributed by atoms with Gasteiger partial charge in [0, 0.05) is 13.3 Å². The fourth-order valence-electron chi connectivity index (χ4n) is 1.06. The lowest BCUT2D eigenvalue weighted by Gasteiger charge is -1.94. The quantitative estimate of drug-likeness (QED) is 0.648. The van der Waals surface area contributed by atoms with E-state index < -0.39 is 11.8 Å². The fraction of sp³-hybridized carbons (Fsp3) is 0.308. The first-order valence-corrected chi connectivity index (χ1v) is 5.40. The maximum Gasteiger partial charge on any atom is 0.372 e. The normalized spacial score (nSPS) is 8.78. The van der Waals surface area contributed by atoms with Crippen molar-refractivity contribution in [2.24, 2.45) is 0 Å². The summed E-state index contributed by atoms with van der Waals surface area (Å²) in [6, 6.07) is 8.80. The standard InChI is InChI=1S/C9H8O3.C4H8O2/c10-8(9(11)12)6-7-4-2-1-3-5-7;1-3-6-4(2)5/h1-5H,6H2,(H,11,12);3H2,1-2H3. The number of ether oxygens (including phenoxy) is 1. The molecule has 0 saturated heterocycles. The van der Waals surface area contributed by atoms with Gasteiger partial charge < -0.3 is 9.84 Å². The van der Waals surface area contributed by atoms with Crippen molar-refractivity contribution in [3.05, 3.63) is 35.9 Å². The molecule has 1 aromatic rings. The maximum atomic E-state index is 10.7. The van der Waals surface area contributed by atoms with Crippen LogP contribution in [0.1, 0.15) is 19.4 Å². The van der Waals surface area contributed by atoms with Crippen LogP contribution in [0.4, 0.5) is 0 Å². The molecule has 98 valence electrons. The number of rotatable bonds is 4. The van der Waals surface area contributed by atoms with Crippen LogP contribution in [0.5, 0.6) is 0 Å². The van der Waals surface area contributed by atoms with Gasteiger partial charge in [-0.05, 0) is 12.5 Å². The van der Waals surface area contributed by atoms with Crippen molar-refractivity contribution in [3.63, 3.8) is 0 Å². The minimum atomic E-state index is -1.38. The summed E-state index contributed by atoms with van der Waals surface area (Å²) >= 11 is 0. The molecule has 18 heavy (non-hydrogen) atoms. The summed E-state index contributed by atoms with van der Waals surface area (Å²) in [5.74, 6) is -2.36. The van der Waals surface area contributed by atoms with Crippen molar-refractivity contribution in [2.45, 2.75) is 20.3 Å². The van der Waals surface area contributed by atoms with E-state index in [-0.39, 0.29) is 12.4 Å². The first-order chi connectivity index (χ1) is 8.47. The Morgan fingerprint density at radius 1 is 1.17 bits per heavy atom. The molecule has 0 radical (unpaired) electrons. The van der Waals surface area contributed by atoms with E-state index in [4.69, 9.17) is 5.11 Å². The summed E-state index contributed by atoms with van der Waals surface area (Å²) in [4.78, 5) is 30.7. The zero-order chi connectivity index (χ0) is 14.0. The van der Waals surface area contributed by atoms with Crippen LogP contribution >= 0.6 is 0 Å². The van der Waals surface area contributed by atoms with Gasteiger partial charge in [-0.25, -0.2) is 4.79 Å². The van der Waals surface area contributed by atoms with Gasteiger partial charge in [0.15, 0.2) is 0 Å². The van der Waals surface area contributed by atoms with Crippen molar-refractivity contribution < 1.29 is 24.2 Å². The molecule has 0 bridgehead atoms. The van der Waals surface area contributed by atoms with Crippen LogP contribution in [0, 0.1) is 0 Å². The van der Waals surface area contributed by atoms with Crippen molar-refractivity contribution in [3.8, 4) is 0 Å². The molecule has 1 N–H and O–H groups in total. The third kappa shape index (κ3) is 8.04. The van der Waals surface area contributed by atoms with Gasteiger partial charge >= 0.3 is 11.9 Å². The number of aliphatic carboxylic acids is 1. The third-order valence-corrected chi connectivity index (χ3v) is 1.79. The van der Waals surface area contributed by atoms with E-state index in [1.807, 2.05) is 6.07 Å². The van der Waals surface area contributed by atoms with Crippen LogP contribution in [0.2, 0.25) is 0 Å². The van der Waals surface area contributed by atoms with Gasteiger partial charge in [0.25, 0.3) is 0 Å². The Labute approximate surface area is 105 Å². The second-order valence-corrected chi connectivity index (χ2v) is 3.32. The average Bonchev–Trinajstić information content (AvgIpc) is 2.30. The second-order valence-electron chi connectivity index (χ2n) is 3.32. The lowest BCUT2D eigenvalue weighted by atomic mass is 10.1. The molecule has 5 heteroatoms. The van der Waals surface area contributed by atoms with Gasteiger partial charge in [-0.2, -0.15) is 0 Å². The monoisotopic (exact) mass is 252 g/mol. The molecule has 0 aromatic heterocycles. The molecule has 1 rings (SSSR count). The topological polar surface area (TPSA) is 80.7 Å². The van der Waals surface area contributed by atoms with Crippen LogP contribution in [0.15, 0.2) is 30.3 Å². The zero-order valence-corrected chi connectivity index (χ0v) is 10.4. The number of esters is 1.